The number of aryl methyl sites for hydroxylation is 3. The Morgan fingerprint density at radius 3 is 2.40 bits per heavy atom. The fourth-order valence-electron chi connectivity index (χ4n) is 3.32. The molecule has 1 atom stereocenters. The van der Waals surface area contributed by atoms with Crippen molar-refractivity contribution in [3.63, 3.8) is 0 Å². The van der Waals surface area contributed by atoms with Crippen molar-refractivity contribution in [1.82, 2.24) is 5.32 Å². The van der Waals surface area contributed by atoms with Gasteiger partial charge in [0.15, 0.2) is 0 Å². The van der Waals surface area contributed by atoms with Gasteiger partial charge < -0.3 is 15.4 Å². The third-order valence-corrected chi connectivity index (χ3v) is 5.01. The van der Waals surface area contributed by atoms with E-state index in [2.05, 4.69) is 10.6 Å². The van der Waals surface area contributed by atoms with Gasteiger partial charge in [0.1, 0.15) is 17.4 Å². The Hall–Kier alpha value is -3.26. The molecule has 0 aliphatic carbocycles. The van der Waals surface area contributed by atoms with Crippen molar-refractivity contribution in [2.45, 2.75) is 53.5 Å². The summed E-state index contributed by atoms with van der Waals surface area (Å²) in [4.78, 5) is 12.8. The first-order valence-electron chi connectivity index (χ1n) is 10.5. The Labute approximate surface area is 179 Å². The van der Waals surface area contributed by atoms with Crippen molar-refractivity contribution in [2.24, 2.45) is 0 Å². The Balaban J connectivity index is 2.22. The molecule has 0 fully saturated rings. The largest absolute Gasteiger partial charge is 0.494 e. The molecule has 0 bridgehead atoms. The molecule has 0 saturated carbocycles. The van der Waals surface area contributed by atoms with Crippen LogP contribution in [0.2, 0.25) is 0 Å². The zero-order valence-electron chi connectivity index (χ0n) is 18.5. The van der Waals surface area contributed by atoms with Crippen LogP contribution < -0.4 is 15.4 Å². The predicted octanol–water partition coefficient (Wildman–Crippen LogP) is 5.22. The van der Waals surface area contributed by atoms with Crippen molar-refractivity contribution in [3.05, 3.63) is 70.4 Å². The van der Waals surface area contributed by atoms with Crippen LogP contribution >= 0.6 is 0 Å². The van der Waals surface area contributed by atoms with Gasteiger partial charge in [-0.3, -0.25) is 4.79 Å². The molecular weight excluding hydrogens is 374 g/mol. The summed E-state index contributed by atoms with van der Waals surface area (Å²) in [5.74, 6) is 0.381. The highest BCUT2D eigenvalue weighted by atomic mass is 16.5. The first-order chi connectivity index (χ1) is 14.4. The maximum Gasteiger partial charge on any atom is 0.267 e. The van der Waals surface area contributed by atoms with E-state index in [4.69, 9.17) is 4.74 Å². The summed E-state index contributed by atoms with van der Waals surface area (Å²) in [6.07, 6.45) is 3.09. The number of para-hydroxylation sites is 1. The molecule has 2 aromatic carbocycles. The van der Waals surface area contributed by atoms with Crippen LogP contribution in [0, 0.1) is 18.3 Å². The number of carbonyl (C=O) groups excluding carboxylic acids is 1. The number of hydrogen-bond donors (Lipinski definition) is 2. The number of anilines is 1. The summed E-state index contributed by atoms with van der Waals surface area (Å²) < 4.78 is 5.72. The van der Waals surface area contributed by atoms with E-state index >= 15 is 0 Å². The molecule has 2 N–H and O–H groups in total. The normalized spacial score (nSPS) is 12.1. The maximum atomic E-state index is 12.8. The molecule has 0 spiro atoms. The lowest BCUT2D eigenvalue weighted by Crippen LogP contribution is -2.20. The first kappa shape index (κ1) is 23.0. The van der Waals surface area contributed by atoms with Gasteiger partial charge >= 0.3 is 0 Å². The maximum absolute atomic E-state index is 12.8. The molecule has 5 heteroatoms. The van der Waals surface area contributed by atoms with Crippen LogP contribution in [-0.4, -0.2) is 12.5 Å². The van der Waals surface area contributed by atoms with E-state index in [1.807, 2.05) is 77.1 Å². The van der Waals surface area contributed by atoms with Gasteiger partial charge in [-0.2, -0.15) is 5.26 Å². The van der Waals surface area contributed by atoms with Crippen LogP contribution in [-0.2, 0) is 17.6 Å². The number of nitrogens with one attached hydrogen (secondary N) is 2. The van der Waals surface area contributed by atoms with E-state index in [0.717, 1.165) is 46.5 Å². The van der Waals surface area contributed by atoms with Gasteiger partial charge in [0.2, 0.25) is 0 Å². The number of nitrogens with zero attached hydrogens (tertiary/aromatic N) is 1. The van der Waals surface area contributed by atoms with Gasteiger partial charge in [-0.1, -0.05) is 49.7 Å². The fraction of sp³-hybridized carbons (Fsp3) is 0.360. The zero-order chi connectivity index (χ0) is 22.1. The number of hydrogen-bond acceptors (Lipinski definition) is 4. The third kappa shape index (κ3) is 5.64. The molecule has 5 nitrogen and oxygen atoms in total. The number of ether oxygens (including phenoxy) is 1. The van der Waals surface area contributed by atoms with Gasteiger partial charge in [-0.15, -0.1) is 0 Å². The summed E-state index contributed by atoms with van der Waals surface area (Å²) in [6.45, 7) is 10.6. The molecule has 2 rings (SSSR count). The summed E-state index contributed by atoms with van der Waals surface area (Å²) >= 11 is 0. The number of benzene rings is 2. The van der Waals surface area contributed by atoms with E-state index in [0.29, 0.717) is 6.61 Å². The lowest BCUT2D eigenvalue weighted by atomic mass is 10.0. The Morgan fingerprint density at radius 2 is 1.83 bits per heavy atom. The van der Waals surface area contributed by atoms with Crippen molar-refractivity contribution >= 4 is 11.6 Å². The average molecular weight is 406 g/mol. The molecule has 0 heterocycles. The van der Waals surface area contributed by atoms with Crippen LogP contribution in [0.15, 0.2) is 48.2 Å². The fourth-order valence-corrected chi connectivity index (χ4v) is 3.32. The lowest BCUT2D eigenvalue weighted by Gasteiger charge is -2.18. The highest BCUT2D eigenvalue weighted by Gasteiger charge is 2.16. The van der Waals surface area contributed by atoms with Gasteiger partial charge in [0, 0.05) is 17.5 Å². The third-order valence-electron chi connectivity index (χ3n) is 5.01. The average Bonchev–Trinajstić information content (AvgIpc) is 2.75. The SMILES string of the molecule is CCOc1ccc(C)cc1C(C)N/C=C(/C#N)C(=O)Nc1c(CC)cccc1CC. The van der Waals surface area contributed by atoms with Crippen molar-refractivity contribution < 1.29 is 9.53 Å². The topological polar surface area (TPSA) is 74.1 Å². The molecule has 0 aromatic heterocycles. The van der Waals surface area contributed by atoms with E-state index in [1.165, 1.54) is 6.20 Å². The lowest BCUT2D eigenvalue weighted by molar-refractivity contribution is -0.112. The second-order valence-corrected chi connectivity index (χ2v) is 7.14. The minimum atomic E-state index is -0.415. The van der Waals surface area contributed by atoms with Crippen LogP contribution in [0.1, 0.15) is 56.0 Å². The summed E-state index contributed by atoms with van der Waals surface area (Å²) in [5, 5.41) is 15.7. The van der Waals surface area contributed by atoms with Crippen LogP contribution in [0.5, 0.6) is 5.75 Å². The number of nitriles is 1. The Kier molecular flexibility index (Phi) is 8.49. The highest BCUT2D eigenvalue weighted by molar-refractivity contribution is 6.07. The molecule has 0 saturated heterocycles. The monoisotopic (exact) mass is 405 g/mol. The molecule has 0 aliphatic rings. The van der Waals surface area contributed by atoms with Crippen molar-refractivity contribution in [1.29, 1.82) is 5.26 Å². The van der Waals surface area contributed by atoms with E-state index in [-0.39, 0.29) is 11.6 Å². The number of amides is 1. The van der Waals surface area contributed by atoms with E-state index in [1.54, 1.807) is 0 Å². The quantitative estimate of drug-likeness (QED) is 0.443. The molecule has 2 aromatic rings. The van der Waals surface area contributed by atoms with E-state index < -0.39 is 5.91 Å². The van der Waals surface area contributed by atoms with Crippen molar-refractivity contribution in [3.8, 4) is 11.8 Å². The van der Waals surface area contributed by atoms with Gasteiger partial charge in [-0.25, -0.2) is 0 Å². The molecule has 1 unspecified atom stereocenters. The molecule has 158 valence electrons. The second-order valence-electron chi connectivity index (χ2n) is 7.14. The summed E-state index contributed by atoms with van der Waals surface area (Å²) in [7, 11) is 0. The first-order valence-corrected chi connectivity index (χ1v) is 10.5. The van der Waals surface area contributed by atoms with Crippen molar-refractivity contribution in [2.75, 3.05) is 11.9 Å². The number of rotatable bonds is 9. The summed E-state index contributed by atoms with van der Waals surface area (Å²) in [5.41, 5.74) is 5.05. The Morgan fingerprint density at radius 1 is 1.17 bits per heavy atom. The van der Waals surface area contributed by atoms with Crippen LogP contribution in [0.4, 0.5) is 5.69 Å². The van der Waals surface area contributed by atoms with Gasteiger partial charge in [0.05, 0.1) is 12.6 Å². The zero-order valence-corrected chi connectivity index (χ0v) is 18.5. The molecule has 1 amide bonds. The number of carbonyl (C=O) groups is 1. The van der Waals surface area contributed by atoms with Gasteiger partial charge in [-0.05, 0) is 50.8 Å². The molecule has 30 heavy (non-hydrogen) atoms. The molecule has 0 radical (unpaired) electrons. The van der Waals surface area contributed by atoms with E-state index in [9.17, 15) is 10.1 Å². The Bertz CT molecular complexity index is 935. The smallest absolute Gasteiger partial charge is 0.267 e. The minimum absolute atomic E-state index is 0.0282. The summed E-state index contributed by atoms with van der Waals surface area (Å²) in [6, 6.07) is 13.9. The highest BCUT2D eigenvalue weighted by Crippen LogP contribution is 2.27. The predicted molar refractivity (Wildman–Crippen MR) is 121 cm³/mol. The standard InChI is InChI=1S/C25H31N3O2/c1-6-19-10-9-11-20(7-2)24(19)28-25(29)21(15-26)16-27-18(5)22-14-17(4)12-13-23(22)30-8-3/h9-14,16,18,27H,6-8H2,1-5H3,(H,28,29)/b21-16-. The minimum Gasteiger partial charge on any atom is -0.494 e. The second kappa shape index (κ2) is 11.1. The molecule has 0 aliphatic heterocycles. The molecular formula is C25H31N3O2. The van der Waals surface area contributed by atoms with Crippen LogP contribution in [0.3, 0.4) is 0 Å². The van der Waals surface area contributed by atoms with Gasteiger partial charge in [0.25, 0.3) is 5.91 Å². The van der Waals surface area contributed by atoms with Crippen LogP contribution in [0.25, 0.3) is 0 Å².